The van der Waals surface area contributed by atoms with E-state index in [4.69, 9.17) is 9.05 Å². The zero-order valence-corrected chi connectivity index (χ0v) is 10.7. The van der Waals surface area contributed by atoms with E-state index in [9.17, 15) is 9.46 Å². The first kappa shape index (κ1) is 14.9. The van der Waals surface area contributed by atoms with E-state index in [1.807, 2.05) is 0 Å². The van der Waals surface area contributed by atoms with E-state index in [1.165, 1.54) is 0 Å². The quantitative estimate of drug-likeness (QED) is 0.552. The third kappa shape index (κ3) is 4.60. The Morgan fingerprint density at radius 3 is 1.44 bits per heavy atom. The second-order valence-electron chi connectivity index (χ2n) is 3.26. The van der Waals surface area contributed by atoms with Gasteiger partial charge in [-0.05, 0) is 24.3 Å². The van der Waals surface area contributed by atoms with Crippen molar-refractivity contribution in [2.75, 3.05) is 0 Å². The topological polar surface area (TPSA) is 58.6 Å². The van der Waals surface area contributed by atoms with Gasteiger partial charge in [0.15, 0.2) is 0 Å². The van der Waals surface area contributed by atoms with Gasteiger partial charge in [0, 0.05) is 0 Å². The Kier molecular flexibility index (Phi) is 5.52. The predicted octanol–water partition coefficient (Wildman–Crippen LogP) is -0.383. The molecule has 0 aromatic heterocycles. The standard InChI is InChI=1S/C12H11O4P.Li/c13-17(14,15-11-7-3-1-4-8-11)16-12-9-5-2-6-10-12;/h1-10H,(H,13,14);/q;+1/p-1. The molecule has 4 nitrogen and oxygen atoms in total. The Morgan fingerprint density at radius 2 is 1.11 bits per heavy atom. The molecule has 6 heteroatoms. The van der Waals surface area contributed by atoms with Crippen molar-refractivity contribution in [2.45, 2.75) is 0 Å². The van der Waals surface area contributed by atoms with E-state index >= 15 is 0 Å². The predicted molar refractivity (Wildman–Crippen MR) is 61.7 cm³/mol. The van der Waals surface area contributed by atoms with Crippen molar-refractivity contribution in [3.63, 3.8) is 0 Å². The minimum absolute atomic E-state index is 0. The SMILES string of the molecule is O=P([O-])(Oc1ccccc1)Oc1ccccc1.[Li+]. The van der Waals surface area contributed by atoms with Crippen molar-refractivity contribution in [1.82, 2.24) is 0 Å². The third-order valence-corrected chi connectivity index (χ3v) is 2.79. The summed E-state index contributed by atoms with van der Waals surface area (Å²) in [4.78, 5) is 11.6. The van der Waals surface area contributed by atoms with Crippen molar-refractivity contribution in [3.8, 4) is 11.5 Å². The maximum Gasteiger partial charge on any atom is 1.00 e. The minimum atomic E-state index is -4.39. The van der Waals surface area contributed by atoms with Crippen molar-refractivity contribution in [1.29, 1.82) is 0 Å². The molecule has 0 N–H and O–H groups in total. The monoisotopic (exact) mass is 256 g/mol. The van der Waals surface area contributed by atoms with Crippen molar-refractivity contribution in [3.05, 3.63) is 60.7 Å². The van der Waals surface area contributed by atoms with Crippen LogP contribution in [0.4, 0.5) is 0 Å². The number of hydrogen-bond donors (Lipinski definition) is 0. The van der Waals surface area contributed by atoms with E-state index in [-0.39, 0.29) is 30.4 Å². The maximum absolute atomic E-state index is 11.6. The average molecular weight is 256 g/mol. The van der Waals surface area contributed by atoms with Crippen LogP contribution < -0.4 is 32.8 Å². The van der Waals surface area contributed by atoms with Gasteiger partial charge in [0.2, 0.25) is 0 Å². The first-order valence-corrected chi connectivity index (χ1v) is 6.42. The summed E-state index contributed by atoms with van der Waals surface area (Å²) in [6, 6.07) is 16.4. The second kappa shape index (κ2) is 6.68. The van der Waals surface area contributed by atoms with Crippen molar-refractivity contribution >= 4 is 7.82 Å². The molecule has 0 spiro atoms. The largest absolute Gasteiger partial charge is 1.00 e. The first-order chi connectivity index (χ1) is 8.16. The molecule has 0 unspecified atom stereocenters. The van der Waals surface area contributed by atoms with Gasteiger partial charge in [0.1, 0.15) is 11.5 Å². The Hall–Kier alpha value is -1.17. The number of hydrogen-bond acceptors (Lipinski definition) is 4. The molecule has 0 saturated carbocycles. The summed E-state index contributed by atoms with van der Waals surface area (Å²) < 4.78 is 21.1. The van der Waals surface area contributed by atoms with Crippen LogP contribution in [0, 0.1) is 0 Å². The molecular weight excluding hydrogens is 246 g/mol. The second-order valence-corrected chi connectivity index (χ2v) is 4.52. The molecular formula is C12H10LiO4P. The molecule has 0 amide bonds. The summed E-state index contributed by atoms with van der Waals surface area (Å²) >= 11 is 0. The number of phosphoric acid groups is 1. The Labute approximate surface area is 117 Å². The smallest absolute Gasteiger partial charge is 0.736 e. The molecule has 0 saturated heterocycles. The molecule has 0 bridgehead atoms. The van der Waals surface area contributed by atoms with Crippen LogP contribution in [0.25, 0.3) is 0 Å². The minimum Gasteiger partial charge on any atom is -0.736 e. The fraction of sp³-hybridized carbons (Fsp3) is 0. The Morgan fingerprint density at radius 1 is 0.778 bits per heavy atom. The summed E-state index contributed by atoms with van der Waals surface area (Å²) in [7, 11) is -4.39. The molecule has 0 aliphatic rings. The summed E-state index contributed by atoms with van der Waals surface area (Å²) in [5, 5.41) is 0. The normalized spacial score (nSPS) is 10.3. The molecule has 2 rings (SSSR count). The Balaban J connectivity index is 0.00000162. The fourth-order valence-corrected chi connectivity index (χ4v) is 2.04. The first-order valence-electron chi connectivity index (χ1n) is 4.96. The molecule has 18 heavy (non-hydrogen) atoms. The number of rotatable bonds is 4. The van der Waals surface area contributed by atoms with E-state index < -0.39 is 7.82 Å². The fourth-order valence-electron chi connectivity index (χ4n) is 1.24. The van der Waals surface area contributed by atoms with Gasteiger partial charge in [-0.15, -0.1) is 0 Å². The molecule has 0 radical (unpaired) electrons. The Bertz CT molecular complexity index is 473. The van der Waals surface area contributed by atoms with Gasteiger partial charge in [-0.1, -0.05) is 36.4 Å². The van der Waals surface area contributed by atoms with E-state index in [1.54, 1.807) is 60.7 Å². The van der Waals surface area contributed by atoms with Crippen LogP contribution in [0.15, 0.2) is 60.7 Å². The van der Waals surface area contributed by atoms with Gasteiger partial charge in [0.25, 0.3) is 0 Å². The summed E-state index contributed by atoms with van der Waals surface area (Å²) in [6.07, 6.45) is 0. The van der Waals surface area contributed by atoms with E-state index in [2.05, 4.69) is 0 Å². The molecule has 2 aromatic carbocycles. The van der Waals surface area contributed by atoms with Gasteiger partial charge in [-0.25, -0.2) is 4.57 Å². The van der Waals surface area contributed by atoms with Gasteiger partial charge >= 0.3 is 26.7 Å². The third-order valence-electron chi connectivity index (χ3n) is 1.92. The van der Waals surface area contributed by atoms with Gasteiger partial charge in [0.05, 0.1) is 0 Å². The summed E-state index contributed by atoms with van der Waals surface area (Å²) in [5.74, 6) is 0.448. The zero-order chi connectivity index (χ0) is 12.1. The summed E-state index contributed by atoms with van der Waals surface area (Å²) in [6.45, 7) is 0. The van der Waals surface area contributed by atoms with Crippen molar-refractivity contribution < 1.29 is 37.4 Å². The van der Waals surface area contributed by atoms with Crippen LogP contribution in [-0.2, 0) is 4.57 Å². The van der Waals surface area contributed by atoms with Gasteiger partial charge in [-0.3, -0.25) is 0 Å². The van der Waals surface area contributed by atoms with Crippen LogP contribution in [0.2, 0.25) is 0 Å². The summed E-state index contributed by atoms with van der Waals surface area (Å²) in [5.41, 5.74) is 0. The molecule has 0 atom stereocenters. The zero-order valence-electron chi connectivity index (χ0n) is 9.85. The molecule has 2 aromatic rings. The van der Waals surface area contributed by atoms with Crippen LogP contribution in [-0.4, -0.2) is 0 Å². The molecule has 88 valence electrons. The van der Waals surface area contributed by atoms with Gasteiger partial charge in [-0.2, -0.15) is 0 Å². The number of phosphoric ester groups is 1. The van der Waals surface area contributed by atoms with E-state index in [0.29, 0.717) is 0 Å². The molecule has 0 aliphatic carbocycles. The number of benzene rings is 2. The van der Waals surface area contributed by atoms with Crippen LogP contribution in [0.1, 0.15) is 0 Å². The van der Waals surface area contributed by atoms with Crippen LogP contribution in [0.3, 0.4) is 0 Å². The van der Waals surface area contributed by atoms with Gasteiger partial charge < -0.3 is 13.9 Å². The van der Waals surface area contributed by atoms with Crippen LogP contribution >= 0.6 is 7.82 Å². The number of para-hydroxylation sites is 2. The van der Waals surface area contributed by atoms with Crippen LogP contribution in [0.5, 0.6) is 11.5 Å². The molecule has 0 fully saturated rings. The maximum atomic E-state index is 11.6. The van der Waals surface area contributed by atoms with E-state index in [0.717, 1.165) is 0 Å². The molecule has 0 aliphatic heterocycles. The van der Waals surface area contributed by atoms with Crippen molar-refractivity contribution in [2.24, 2.45) is 0 Å². The molecule has 0 heterocycles. The average Bonchev–Trinajstić information content (AvgIpc) is 2.30.